The van der Waals surface area contributed by atoms with Crippen molar-refractivity contribution in [2.75, 3.05) is 18.4 Å². The summed E-state index contributed by atoms with van der Waals surface area (Å²) in [5.74, 6) is -0.253. The lowest BCUT2D eigenvalue weighted by Crippen LogP contribution is -2.32. The number of hydrogen-bond acceptors (Lipinski definition) is 4. The number of rotatable bonds is 7. The van der Waals surface area contributed by atoms with E-state index in [0.717, 1.165) is 0 Å². The SMILES string of the molecule is CC(C)CNC(=O)CNc1cc(C(=O)O)cc(C(C)C)n1. The van der Waals surface area contributed by atoms with Crippen molar-refractivity contribution in [1.82, 2.24) is 10.3 Å². The van der Waals surface area contributed by atoms with Gasteiger partial charge in [-0.1, -0.05) is 27.7 Å². The number of carbonyl (C=O) groups is 2. The van der Waals surface area contributed by atoms with Gasteiger partial charge in [0.15, 0.2) is 0 Å². The van der Waals surface area contributed by atoms with Crippen LogP contribution in [0, 0.1) is 5.92 Å². The maximum atomic E-state index is 11.6. The highest BCUT2D eigenvalue weighted by molar-refractivity contribution is 5.89. The van der Waals surface area contributed by atoms with Gasteiger partial charge in [0.1, 0.15) is 5.82 Å². The smallest absolute Gasteiger partial charge is 0.335 e. The van der Waals surface area contributed by atoms with Gasteiger partial charge in [0, 0.05) is 12.2 Å². The first-order valence-electron chi connectivity index (χ1n) is 7.05. The Balaban J connectivity index is 2.74. The van der Waals surface area contributed by atoms with Crippen LogP contribution in [-0.2, 0) is 4.79 Å². The van der Waals surface area contributed by atoms with Crippen LogP contribution in [0.3, 0.4) is 0 Å². The van der Waals surface area contributed by atoms with Crippen LogP contribution >= 0.6 is 0 Å². The minimum atomic E-state index is -1.01. The molecule has 116 valence electrons. The largest absolute Gasteiger partial charge is 0.478 e. The molecule has 0 aliphatic rings. The number of carbonyl (C=O) groups excluding carboxylic acids is 1. The van der Waals surface area contributed by atoms with Crippen LogP contribution < -0.4 is 10.6 Å². The van der Waals surface area contributed by atoms with Gasteiger partial charge in [-0.3, -0.25) is 4.79 Å². The standard InChI is InChI=1S/C15H23N3O3/c1-9(2)7-17-14(19)8-16-13-6-11(15(20)21)5-12(18-13)10(3)4/h5-6,9-10H,7-8H2,1-4H3,(H,16,18)(H,17,19)(H,20,21). The molecule has 0 aliphatic carbocycles. The van der Waals surface area contributed by atoms with Gasteiger partial charge in [0.2, 0.25) is 5.91 Å². The topological polar surface area (TPSA) is 91.3 Å². The molecule has 0 radical (unpaired) electrons. The summed E-state index contributed by atoms with van der Waals surface area (Å²) in [6, 6.07) is 2.99. The fourth-order valence-electron chi connectivity index (χ4n) is 1.61. The number of carboxylic acids is 1. The Morgan fingerprint density at radius 3 is 2.43 bits per heavy atom. The fourth-order valence-corrected chi connectivity index (χ4v) is 1.61. The van der Waals surface area contributed by atoms with Gasteiger partial charge in [0.05, 0.1) is 12.1 Å². The van der Waals surface area contributed by atoms with Crippen molar-refractivity contribution in [2.24, 2.45) is 5.92 Å². The van der Waals surface area contributed by atoms with Crippen molar-refractivity contribution in [3.05, 3.63) is 23.4 Å². The molecule has 0 aliphatic heterocycles. The van der Waals surface area contributed by atoms with Crippen molar-refractivity contribution < 1.29 is 14.7 Å². The molecule has 0 bridgehead atoms. The maximum absolute atomic E-state index is 11.6. The molecule has 0 spiro atoms. The summed E-state index contributed by atoms with van der Waals surface area (Å²) in [4.78, 5) is 27.1. The molecule has 0 unspecified atom stereocenters. The zero-order chi connectivity index (χ0) is 16.0. The lowest BCUT2D eigenvalue weighted by atomic mass is 10.1. The quantitative estimate of drug-likeness (QED) is 0.716. The highest BCUT2D eigenvalue weighted by atomic mass is 16.4. The van der Waals surface area contributed by atoms with Crippen LogP contribution in [0.2, 0.25) is 0 Å². The molecule has 21 heavy (non-hydrogen) atoms. The average molecular weight is 293 g/mol. The monoisotopic (exact) mass is 293 g/mol. The Bertz CT molecular complexity index is 513. The second-order valence-corrected chi connectivity index (χ2v) is 5.68. The van der Waals surface area contributed by atoms with Crippen molar-refractivity contribution in [1.29, 1.82) is 0 Å². The van der Waals surface area contributed by atoms with E-state index >= 15 is 0 Å². The molecule has 0 fully saturated rings. The minimum absolute atomic E-state index is 0.0698. The Morgan fingerprint density at radius 2 is 1.90 bits per heavy atom. The summed E-state index contributed by atoms with van der Waals surface area (Å²) in [7, 11) is 0. The summed E-state index contributed by atoms with van der Waals surface area (Å²) in [6.45, 7) is 8.59. The number of aromatic carboxylic acids is 1. The molecule has 1 amide bonds. The molecule has 0 aromatic carbocycles. The second kappa shape index (κ2) is 7.61. The predicted octanol–water partition coefficient (Wildman–Crippen LogP) is 2.09. The first-order valence-corrected chi connectivity index (χ1v) is 7.05. The predicted molar refractivity (Wildman–Crippen MR) is 81.6 cm³/mol. The number of amides is 1. The van der Waals surface area contributed by atoms with Crippen molar-refractivity contribution in [2.45, 2.75) is 33.6 Å². The molecule has 1 aromatic heterocycles. The van der Waals surface area contributed by atoms with E-state index in [2.05, 4.69) is 15.6 Å². The van der Waals surface area contributed by atoms with Crippen LogP contribution in [0.15, 0.2) is 12.1 Å². The second-order valence-electron chi connectivity index (χ2n) is 5.68. The molecule has 1 heterocycles. The third-order valence-electron chi connectivity index (χ3n) is 2.82. The summed E-state index contributed by atoms with van der Waals surface area (Å²) in [6.07, 6.45) is 0. The van der Waals surface area contributed by atoms with Crippen LogP contribution in [0.4, 0.5) is 5.82 Å². The van der Waals surface area contributed by atoms with Gasteiger partial charge in [-0.15, -0.1) is 0 Å². The zero-order valence-corrected chi connectivity index (χ0v) is 12.9. The van der Waals surface area contributed by atoms with Gasteiger partial charge in [0.25, 0.3) is 0 Å². The van der Waals surface area contributed by atoms with Gasteiger partial charge in [-0.05, 0) is 24.0 Å². The molecule has 1 aromatic rings. The van der Waals surface area contributed by atoms with Crippen molar-refractivity contribution in [3.8, 4) is 0 Å². The first kappa shape index (κ1) is 16.9. The zero-order valence-electron chi connectivity index (χ0n) is 12.9. The lowest BCUT2D eigenvalue weighted by Gasteiger charge is -2.12. The average Bonchev–Trinajstić information content (AvgIpc) is 2.42. The fraction of sp³-hybridized carbons (Fsp3) is 0.533. The van der Waals surface area contributed by atoms with Gasteiger partial charge < -0.3 is 15.7 Å². The number of pyridine rings is 1. The number of nitrogens with zero attached hydrogens (tertiary/aromatic N) is 1. The molecule has 0 atom stereocenters. The molecule has 3 N–H and O–H groups in total. The highest BCUT2D eigenvalue weighted by Gasteiger charge is 2.11. The van der Waals surface area contributed by atoms with Crippen LogP contribution in [-0.4, -0.2) is 35.1 Å². The molecule has 1 rings (SSSR count). The molecule has 0 saturated carbocycles. The third-order valence-corrected chi connectivity index (χ3v) is 2.82. The number of hydrogen-bond donors (Lipinski definition) is 3. The van der Waals surface area contributed by atoms with E-state index in [-0.39, 0.29) is 23.9 Å². The normalized spacial score (nSPS) is 10.8. The summed E-state index contributed by atoms with van der Waals surface area (Å²) in [5.41, 5.74) is 0.846. The summed E-state index contributed by atoms with van der Waals surface area (Å²) in [5, 5.41) is 14.8. The maximum Gasteiger partial charge on any atom is 0.335 e. The number of anilines is 1. The van der Waals surface area contributed by atoms with E-state index in [1.54, 1.807) is 6.07 Å². The molecular formula is C15H23N3O3. The summed E-state index contributed by atoms with van der Waals surface area (Å²) < 4.78 is 0. The van der Waals surface area contributed by atoms with E-state index in [1.165, 1.54) is 6.07 Å². The van der Waals surface area contributed by atoms with Crippen LogP contribution in [0.5, 0.6) is 0 Å². The van der Waals surface area contributed by atoms with Crippen LogP contribution in [0.1, 0.15) is 49.7 Å². The van der Waals surface area contributed by atoms with E-state index in [9.17, 15) is 9.59 Å². The summed E-state index contributed by atoms with van der Waals surface area (Å²) >= 11 is 0. The minimum Gasteiger partial charge on any atom is -0.478 e. The van der Waals surface area contributed by atoms with Gasteiger partial charge >= 0.3 is 5.97 Å². The molecule has 6 nitrogen and oxygen atoms in total. The van der Waals surface area contributed by atoms with Gasteiger partial charge in [-0.2, -0.15) is 0 Å². The third kappa shape index (κ3) is 5.81. The Kier molecular flexibility index (Phi) is 6.14. The Morgan fingerprint density at radius 1 is 1.24 bits per heavy atom. The first-order chi connectivity index (χ1) is 9.79. The number of aromatic nitrogens is 1. The Hall–Kier alpha value is -2.11. The van der Waals surface area contributed by atoms with E-state index in [0.29, 0.717) is 24.0 Å². The molecule has 6 heteroatoms. The molecular weight excluding hydrogens is 270 g/mol. The van der Waals surface area contributed by atoms with Crippen molar-refractivity contribution in [3.63, 3.8) is 0 Å². The van der Waals surface area contributed by atoms with Gasteiger partial charge in [-0.25, -0.2) is 9.78 Å². The van der Waals surface area contributed by atoms with Crippen LogP contribution in [0.25, 0.3) is 0 Å². The Labute approximate surface area is 125 Å². The number of nitrogens with one attached hydrogen (secondary N) is 2. The van der Waals surface area contributed by atoms with E-state index in [1.807, 2.05) is 27.7 Å². The lowest BCUT2D eigenvalue weighted by molar-refractivity contribution is -0.119. The van der Waals surface area contributed by atoms with E-state index in [4.69, 9.17) is 5.11 Å². The number of carboxylic acid groups (broad SMARTS) is 1. The highest BCUT2D eigenvalue weighted by Crippen LogP contribution is 2.17. The van der Waals surface area contributed by atoms with Crippen molar-refractivity contribution >= 4 is 17.7 Å². The van der Waals surface area contributed by atoms with E-state index < -0.39 is 5.97 Å². The molecule has 0 saturated heterocycles.